The van der Waals surface area contributed by atoms with Crippen LogP contribution in [0.2, 0.25) is 0 Å². The predicted octanol–water partition coefficient (Wildman–Crippen LogP) is 4.33. The van der Waals surface area contributed by atoms with Gasteiger partial charge in [-0.1, -0.05) is 78.5 Å². The first-order valence-electron chi connectivity index (χ1n) is 8.92. The highest BCUT2D eigenvalue weighted by Crippen LogP contribution is 2.23. The van der Waals surface area contributed by atoms with E-state index < -0.39 is 0 Å². The molecule has 136 valence electrons. The van der Waals surface area contributed by atoms with Crippen LogP contribution >= 0.6 is 11.8 Å². The fourth-order valence-electron chi connectivity index (χ4n) is 3.29. The van der Waals surface area contributed by atoms with E-state index in [1.807, 2.05) is 66.9 Å². The molecule has 28 heavy (non-hydrogen) atoms. The molecule has 0 saturated carbocycles. The summed E-state index contributed by atoms with van der Waals surface area (Å²) in [6, 6.07) is 24.1. The van der Waals surface area contributed by atoms with Crippen molar-refractivity contribution in [2.45, 2.75) is 10.9 Å². The lowest BCUT2D eigenvalue weighted by Crippen LogP contribution is -2.20. The molecule has 0 radical (unpaired) electrons. The van der Waals surface area contributed by atoms with Crippen LogP contribution in [-0.2, 0) is 5.75 Å². The molecule has 0 aliphatic carbocycles. The number of hydrogen-bond acceptors (Lipinski definition) is 4. The Morgan fingerprint density at radius 2 is 1.61 bits per heavy atom. The van der Waals surface area contributed by atoms with E-state index in [-0.39, 0.29) is 5.56 Å². The number of nitrogens with zero attached hydrogens (tertiary/aromatic N) is 4. The summed E-state index contributed by atoms with van der Waals surface area (Å²) in [4.78, 5) is 13.1. The second kappa shape index (κ2) is 6.98. The van der Waals surface area contributed by atoms with Crippen LogP contribution in [0.4, 0.5) is 0 Å². The maximum atomic E-state index is 13.1. The molecule has 6 heteroatoms. The molecule has 0 saturated heterocycles. The van der Waals surface area contributed by atoms with Crippen LogP contribution in [0.15, 0.2) is 95.1 Å². The molecule has 5 aromatic rings. The summed E-state index contributed by atoms with van der Waals surface area (Å²) in [5.41, 5.74) is 2.18. The Morgan fingerprint density at radius 1 is 0.821 bits per heavy atom. The zero-order valence-corrected chi connectivity index (χ0v) is 15.7. The van der Waals surface area contributed by atoms with E-state index in [0.29, 0.717) is 10.8 Å². The van der Waals surface area contributed by atoms with Crippen molar-refractivity contribution < 1.29 is 0 Å². The third-order valence-electron chi connectivity index (χ3n) is 4.68. The number of thioether (sulfide) groups is 1. The molecule has 5 nitrogen and oxygen atoms in total. The van der Waals surface area contributed by atoms with E-state index in [0.717, 1.165) is 22.2 Å². The smallest absolute Gasteiger partial charge is 0.279 e. The molecule has 0 unspecified atom stereocenters. The van der Waals surface area contributed by atoms with Crippen LogP contribution in [0, 0.1) is 0 Å². The number of hydrogen-bond donors (Lipinski definition) is 0. The Bertz CT molecular complexity index is 1340. The second-order valence-electron chi connectivity index (χ2n) is 6.42. The highest BCUT2D eigenvalue weighted by molar-refractivity contribution is 7.98. The lowest BCUT2D eigenvalue weighted by molar-refractivity contribution is 0.895. The zero-order chi connectivity index (χ0) is 18.9. The predicted molar refractivity (Wildman–Crippen MR) is 112 cm³/mol. The number of rotatable bonds is 4. The number of aromatic nitrogens is 4. The van der Waals surface area contributed by atoms with E-state index in [1.165, 1.54) is 5.56 Å². The molecule has 0 bridgehead atoms. The van der Waals surface area contributed by atoms with Gasteiger partial charge in [-0.3, -0.25) is 13.8 Å². The van der Waals surface area contributed by atoms with Crippen molar-refractivity contribution in [3.63, 3.8) is 0 Å². The van der Waals surface area contributed by atoms with Gasteiger partial charge in [-0.25, -0.2) is 0 Å². The minimum Gasteiger partial charge on any atom is -0.279 e. The van der Waals surface area contributed by atoms with Gasteiger partial charge < -0.3 is 0 Å². The molecule has 0 amide bonds. The molecule has 0 spiro atoms. The van der Waals surface area contributed by atoms with Crippen LogP contribution in [0.25, 0.3) is 22.1 Å². The Hall–Kier alpha value is -3.38. The molecule has 5 rings (SSSR count). The normalized spacial score (nSPS) is 11.3. The van der Waals surface area contributed by atoms with Gasteiger partial charge in [0, 0.05) is 23.5 Å². The number of benzene rings is 3. The van der Waals surface area contributed by atoms with E-state index in [4.69, 9.17) is 0 Å². The topological polar surface area (TPSA) is 52.2 Å². The van der Waals surface area contributed by atoms with Gasteiger partial charge in [-0.2, -0.15) is 0 Å². The quantitative estimate of drug-likeness (QED) is 0.433. The maximum Gasteiger partial charge on any atom is 0.300 e. The standard InChI is InChI=1S/C22H16N4OS/c27-21-20-23-24-22(28-15-16-7-2-1-3-8-16)26(20)14-13-25(21)19-12-6-10-17-9-4-5-11-18(17)19/h1-14H,15H2. The Morgan fingerprint density at radius 3 is 2.50 bits per heavy atom. The van der Waals surface area contributed by atoms with Crippen molar-refractivity contribution in [3.05, 3.63) is 101 Å². The third kappa shape index (κ3) is 2.88. The molecule has 0 fully saturated rings. The van der Waals surface area contributed by atoms with Crippen molar-refractivity contribution in [1.29, 1.82) is 0 Å². The molecule has 0 aliphatic rings. The molecule has 3 aromatic carbocycles. The monoisotopic (exact) mass is 384 g/mol. The molecular formula is C22H16N4OS. The van der Waals surface area contributed by atoms with Crippen LogP contribution in [0.3, 0.4) is 0 Å². The van der Waals surface area contributed by atoms with Crippen LogP contribution in [-0.4, -0.2) is 19.2 Å². The summed E-state index contributed by atoms with van der Waals surface area (Å²) in [5, 5.41) is 11.2. The highest BCUT2D eigenvalue weighted by Gasteiger charge is 2.13. The lowest BCUT2D eigenvalue weighted by atomic mass is 10.1. The summed E-state index contributed by atoms with van der Waals surface area (Å²) < 4.78 is 3.40. The van der Waals surface area contributed by atoms with E-state index in [9.17, 15) is 4.79 Å². The van der Waals surface area contributed by atoms with Crippen LogP contribution in [0.5, 0.6) is 0 Å². The van der Waals surface area contributed by atoms with Crippen molar-refractivity contribution in [1.82, 2.24) is 19.2 Å². The third-order valence-corrected chi connectivity index (χ3v) is 5.69. The Labute approximate surface area is 165 Å². The zero-order valence-electron chi connectivity index (χ0n) is 14.9. The number of fused-ring (bicyclic) bond motifs is 2. The van der Waals surface area contributed by atoms with Gasteiger partial charge in [0.25, 0.3) is 0 Å². The maximum absolute atomic E-state index is 13.1. The molecular weight excluding hydrogens is 368 g/mol. The summed E-state index contributed by atoms with van der Waals surface area (Å²) in [5.74, 6) is 0.772. The lowest BCUT2D eigenvalue weighted by Gasteiger charge is -2.09. The molecule has 0 atom stereocenters. The van der Waals surface area contributed by atoms with Gasteiger partial charge in [0.15, 0.2) is 5.16 Å². The molecule has 0 aliphatic heterocycles. The van der Waals surface area contributed by atoms with Gasteiger partial charge in [0.05, 0.1) is 5.69 Å². The first kappa shape index (κ1) is 16.8. The first-order chi connectivity index (χ1) is 13.8. The largest absolute Gasteiger partial charge is 0.300 e. The van der Waals surface area contributed by atoms with Crippen molar-refractivity contribution in [2.24, 2.45) is 0 Å². The molecule has 2 aromatic heterocycles. The molecule has 2 heterocycles. The second-order valence-corrected chi connectivity index (χ2v) is 7.36. The van der Waals surface area contributed by atoms with Crippen LogP contribution in [0.1, 0.15) is 5.56 Å². The summed E-state index contributed by atoms with van der Waals surface area (Å²) in [6.07, 6.45) is 3.64. The highest BCUT2D eigenvalue weighted by atomic mass is 32.2. The minimum absolute atomic E-state index is 0.182. The van der Waals surface area contributed by atoms with Gasteiger partial charge in [0.2, 0.25) is 5.65 Å². The fourth-order valence-corrected chi connectivity index (χ4v) is 4.17. The van der Waals surface area contributed by atoms with E-state index in [2.05, 4.69) is 22.3 Å². The molecule has 0 N–H and O–H groups in total. The minimum atomic E-state index is -0.182. The SMILES string of the molecule is O=c1c2nnc(SCc3ccccc3)n2ccn1-c1cccc2ccccc12. The van der Waals surface area contributed by atoms with Gasteiger partial charge in [0.1, 0.15) is 0 Å². The van der Waals surface area contributed by atoms with E-state index >= 15 is 0 Å². The summed E-state index contributed by atoms with van der Waals surface area (Å²) in [7, 11) is 0. The van der Waals surface area contributed by atoms with Gasteiger partial charge in [-0.05, 0) is 17.0 Å². The van der Waals surface area contributed by atoms with Crippen LogP contribution < -0.4 is 5.56 Å². The van der Waals surface area contributed by atoms with Gasteiger partial charge in [-0.15, -0.1) is 10.2 Å². The van der Waals surface area contributed by atoms with Gasteiger partial charge >= 0.3 is 5.56 Å². The summed E-state index contributed by atoms with van der Waals surface area (Å²) >= 11 is 1.56. The van der Waals surface area contributed by atoms with Crippen molar-refractivity contribution in [2.75, 3.05) is 0 Å². The fraction of sp³-hybridized carbons (Fsp3) is 0.0455. The van der Waals surface area contributed by atoms with Crippen molar-refractivity contribution in [3.8, 4) is 5.69 Å². The first-order valence-corrected chi connectivity index (χ1v) is 9.91. The Kier molecular flexibility index (Phi) is 4.18. The van der Waals surface area contributed by atoms with Crippen molar-refractivity contribution >= 4 is 28.2 Å². The summed E-state index contributed by atoms with van der Waals surface area (Å²) in [6.45, 7) is 0. The van der Waals surface area contributed by atoms with E-state index in [1.54, 1.807) is 26.9 Å². The Balaban J connectivity index is 1.56. The average Bonchev–Trinajstić information content (AvgIpc) is 3.17. The average molecular weight is 384 g/mol.